The first kappa shape index (κ1) is 25.8. The van der Waals surface area contributed by atoms with Gasteiger partial charge < -0.3 is 23.7 Å². The Morgan fingerprint density at radius 3 is 1.60 bits per heavy atom. The van der Waals surface area contributed by atoms with Crippen LogP contribution in [0.4, 0.5) is 0 Å². The largest absolute Gasteiger partial charge is 0.463 e. The normalized spacial score (nSPS) is 26.3. The molecule has 0 aromatic rings. The lowest BCUT2D eigenvalue weighted by Crippen LogP contribution is -2.62. The third-order valence-corrected chi connectivity index (χ3v) is 6.92. The molecule has 1 rings (SSSR count). The first-order valence-corrected chi connectivity index (χ1v) is 13.2. The van der Waals surface area contributed by atoms with Crippen LogP contribution in [0.2, 0.25) is 19.6 Å². The molecule has 0 bridgehead atoms. The molecule has 0 N–H and O–H groups in total. The monoisotopic (exact) mass is 444 g/mol. The fourth-order valence-corrected chi connectivity index (χ4v) is 3.84. The number of hydrogen-bond donors (Lipinski definition) is 0. The predicted octanol–water partition coefficient (Wildman–Crippen LogP) is 1.94. The van der Waals surface area contributed by atoms with E-state index in [-0.39, 0.29) is 6.61 Å². The van der Waals surface area contributed by atoms with Gasteiger partial charge in [0.2, 0.25) is 0 Å². The highest BCUT2D eigenvalue weighted by Crippen LogP contribution is 2.33. The molecule has 30 heavy (non-hydrogen) atoms. The zero-order valence-corrected chi connectivity index (χ0v) is 19.7. The van der Waals surface area contributed by atoms with E-state index in [1.54, 1.807) is 0 Å². The molecule has 1 fully saturated rings. The fourth-order valence-electron chi connectivity index (χ4n) is 3.03. The Hall–Kier alpha value is -2.20. The van der Waals surface area contributed by atoms with Gasteiger partial charge >= 0.3 is 23.9 Å². The zero-order chi connectivity index (χ0) is 23.2. The molecule has 170 valence electrons. The summed E-state index contributed by atoms with van der Waals surface area (Å²) < 4.78 is 27.4. The molecule has 0 aromatic heterocycles. The van der Waals surface area contributed by atoms with Crippen LogP contribution < -0.4 is 0 Å². The lowest BCUT2D eigenvalue weighted by molar-refractivity contribution is -0.252. The summed E-state index contributed by atoms with van der Waals surface area (Å²) in [7, 11) is -1.76. The van der Waals surface area contributed by atoms with E-state index in [1.807, 2.05) is 0 Å². The molecule has 0 radical (unpaired) electrons. The molecule has 10 heteroatoms. The second kappa shape index (κ2) is 10.7. The van der Waals surface area contributed by atoms with E-state index in [9.17, 15) is 19.2 Å². The first-order valence-electron chi connectivity index (χ1n) is 9.71. The van der Waals surface area contributed by atoms with E-state index in [2.05, 4.69) is 26.2 Å². The predicted molar refractivity (Wildman–Crippen MR) is 109 cm³/mol. The second-order valence-corrected chi connectivity index (χ2v) is 13.5. The number of carbonyl (C=O) groups excluding carboxylic acids is 4. The van der Waals surface area contributed by atoms with Crippen molar-refractivity contribution < 1.29 is 42.9 Å². The van der Waals surface area contributed by atoms with Gasteiger partial charge in [-0.2, -0.15) is 0 Å². The second-order valence-electron chi connectivity index (χ2n) is 8.30. The average molecular weight is 445 g/mol. The number of carbonyl (C=O) groups is 4. The van der Waals surface area contributed by atoms with Gasteiger partial charge in [-0.25, -0.2) is 0 Å². The maximum atomic E-state index is 11.8. The molecule has 0 amide bonds. The van der Waals surface area contributed by atoms with E-state index in [1.165, 1.54) is 27.7 Å². The van der Waals surface area contributed by atoms with Crippen molar-refractivity contribution in [1.82, 2.24) is 0 Å². The maximum absolute atomic E-state index is 11.8. The van der Waals surface area contributed by atoms with Gasteiger partial charge in [0.05, 0.1) is 8.07 Å². The molecular weight excluding hydrogens is 412 g/mol. The van der Waals surface area contributed by atoms with E-state index in [4.69, 9.17) is 23.7 Å². The molecule has 0 aliphatic carbocycles. The minimum Gasteiger partial charge on any atom is -0.463 e. The Morgan fingerprint density at radius 1 is 0.767 bits per heavy atom. The molecule has 5 atom stereocenters. The summed E-state index contributed by atoms with van der Waals surface area (Å²) in [5, 5.41) is 0.948. The summed E-state index contributed by atoms with van der Waals surface area (Å²) in [5.74, 6) is -2.45. The molecule has 0 spiro atoms. The van der Waals surface area contributed by atoms with Crippen molar-refractivity contribution in [3.05, 3.63) is 11.8 Å². The molecule has 1 aliphatic rings. The number of rotatable bonds is 8. The van der Waals surface area contributed by atoms with Crippen LogP contribution >= 0.6 is 0 Å². The molecule has 1 aliphatic heterocycles. The Labute approximate surface area is 178 Å². The Bertz CT molecular complexity index is 682. The van der Waals surface area contributed by atoms with Gasteiger partial charge in [-0.05, 0) is 6.42 Å². The molecule has 9 nitrogen and oxygen atoms in total. The lowest BCUT2D eigenvalue weighted by atomic mass is 9.92. The van der Waals surface area contributed by atoms with Gasteiger partial charge in [-0.1, -0.05) is 24.8 Å². The van der Waals surface area contributed by atoms with Crippen molar-refractivity contribution >= 4 is 32.0 Å². The fraction of sp³-hybridized carbons (Fsp3) is 0.700. The van der Waals surface area contributed by atoms with E-state index in [0.717, 1.165) is 5.20 Å². The first-order chi connectivity index (χ1) is 13.7. The van der Waals surface area contributed by atoms with Crippen LogP contribution in [0.25, 0.3) is 0 Å². The molecule has 0 unspecified atom stereocenters. The van der Waals surface area contributed by atoms with Crippen molar-refractivity contribution in [2.45, 2.75) is 84.3 Å². The van der Waals surface area contributed by atoms with E-state index >= 15 is 0 Å². The smallest absolute Gasteiger partial charge is 0.303 e. The minimum atomic E-state index is -1.76. The lowest BCUT2D eigenvalue weighted by Gasteiger charge is -2.45. The van der Waals surface area contributed by atoms with Crippen LogP contribution in [0.1, 0.15) is 34.1 Å². The molecule has 1 heterocycles. The molecule has 0 saturated carbocycles. The van der Waals surface area contributed by atoms with Crippen molar-refractivity contribution in [3.8, 4) is 0 Å². The van der Waals surface area contributed by atoms with Crippen molar-refractivity contribution in [3.63, 3.8) is 0 Å². The Balaban J connectivity index is 3.37. The molecule has 0 aromatic carbocycles. The van der Waals surface area contributed by atoms with Gasteiger partial charge in [0.25, 0.3) is 0 Å². The third kappa shape index (κ3) is 7.90. The maximum Gasteiger partial charge on any atom is 0.303 e. The Morgan fingerprint density at radius 2 is 1.20 bits per heavy atom. The highest BCUT2D eigenvalue weighted by Gasteiger charge is 2.52. The molecular formula is C20H32O9Si. The highest BCUT2D eigenvalue weighted by atomic mass is 28.3. The topological polar surface area (TPSA) is 114 Å². The van der Waals surface area contributed by atoms with Gasteiger partial charge in [-0.15, -0.1) is 6.58 Å². The van der Waals surface area contributed by atoms with Gasteiger partial charge in [0.1, 0.15) is 18.8 Å². The summed E-state index contributed by atoms with van der Waals surface area (Å²) in [4.78, 5) is 46.6. The summed E-state index contributed by atoms with van der Waals surface area (Å²) in [5.41, 5.74) is 0. The standard InChI is InChI=1S/C20H32O9Si/c1-11(30(6,7)8)9-16-18(26-13(3)22)20(28-15(5)24)19(27-14(4)23)17(29-16)10-25-12(2)21/h16-20H,1,9-10H2,2-8H3/t16-,17-,18+,19-,20-/m1/s1. The van der Waals surface area contributed by atoms with Crippen LogP contribution in [0.15, 0.2) is 11.8 Å². The van der Waals surface area contributed by atoms with Crippen LogP contribution in [0.5, 0.6) is 0 Å². The van der Waals surface area contributed by atoms with Crippen molar-refractivity contribution in [2.75, 3.05) is 6.61 Å². The van der Waals surface area contributed by atoms with Gasteiger partial charge in [0.15, 0.2) is 18.3 Å². The molecule has 1 saturated heterocycles. The van der Waals surface area contributed by atoms with Gasteiger partial charge in [0, 0.05) is 27.7 Å². The van der Waals surface area contributed by atoms with Gasteiger partial charge in [-0.3, -0.25) is 19.2 Å². The SMILES string of the molecule is C=C(C[C@H]1O[C@H](COC(C)=O)[C@@H](OC(C)=O)[C@H](OC(C)=O)[C@H]1OC(C)=O)[Si](C)(C)C. The summed E-state index contributed by atoms with van der Waals surface area (Å²) in [6.07, 6.45) is -4.61. The van der Waals surface area contributed by atoms with E-state index in [0.29, 0.717) is 6.42 Å². The Kier molecular flexibility index (Phi) is 9.23. The number of hydrogen-bond acceptors (Lipinski definition) is 9. The van der Waals surface area contributed by atoms with Crippen LogP contribution in [0, 0.1) is 0 Å². The number of ether oxygens (including phenoxy) is 5. The van der Waals surface area contributed by atoms with E-state index < -0.39 is 62.5 Å². The summed E-state index contributed by atoms with van der Waals surface area (Å²) in [6.45, 7) is 15.1. The summed E-state index contributed by atoms with van der Waals surface area (Å²) in [6, 6.07) is 0. The quantitative estimate of drug-likeness (QED) is 0.315. The average Bonchev–Trinajstić information content (AvgIpc) is 2.56. The van der Waals surface area contributed by atoms with Crippen LogP contribution in [0.3, 0.4) is 0 Å². The number of esters is 4. The van der Waals surface area contributed by atoms with Crippen LogP contribution in [-0.4, -0.2) is 69.1 Å². The third-order valence-electron chi connectivity index (χ3n) is 4.60. The summed E-state index contributed by atoms with van der Waals surface area (Å²) >= 11 is 0. The zero-order valence-electron chi connectivity index (χ0n) is 18.7. The van der Waals surface area contributed by atoms with Crippen molar-refractivity contribution in [2.24, 2.45) is 0 Å². The van der Waals surface area contributed by atoms with Crippen LogP contribution in [-0.2, 0) is 42.9 Å². The minimum absolute atomic E-state index is 0.228. The highest BCUT2D eigenvalue weighted by molar-refractivity contribution is 6.82. The van der Waals surface area contributed by atoms with Crippen molar-refractivity contribution in [1.29, 1.82) is 0 Å².